The van der Waals surface area contributed by atoms with E-state index in [4.69, 9.17) is 4.74 Å². The molecule has 2 N–H and O–H groups in total. The average molecular weight is 194 g/mol. The predicted octanol–water partition coefficient (Wildman–Crippen LogP) is 0.378. The third kappa shape index (κ3) is 8.33. The van der Waals surface area contributed by atoms with E-state index in [0.717, 1.165) is 26.3 Å². The number of likely N-dealkylation sites (N-methyl/N-ethyl adjacent to an activating group) is 1. The molecule has 0 aromatic rings. The largest absolute Gasteiger partial charge is 0.379 e. The van der Waals surface area contributed by atoms with Crippen LogP contribution in [0.3, 0.4) is 0 Å². The maximum absolute atomic E-state index is 5.35. The van der Waals surface area contributed by atoms with Gasteiger partial charge in [-0.1, -0.05) is 6.92 Å². The minimum Gasteiger partial charge on any atom is -0.379 e. The highest BCUT2D eigenvalue weighted by molar-refractivity contribution is 8.14. The maximum Gasteiger partial charge on any atom is 0.0600 e. The second-order valence-electron chi connectivity index (χ2n) is 2.64. The quantitative estimate of drug-likeness (QED) is 0.386. The van der Waals surface area contributed by atoms with Gasteiger partial charge in [0.1, 0.15) is 0 Å². The predicted molar refractivity (Wildman–Crippen MR) is 58.2 cm³/mol. The Balaban J connectivity index is 2.90. The molecule has 0 rings (SSSR count). The molecule has 0 amide bonds. The summed E-state index contributed by atoms with van der Waals surface area (Å²) in [6.07, 6.45) is 2.25. The number of hydrogen-bond acceptors (Lipinski definition) is 3. The van der Waals surface area contributed by atoms with Crippen molar-refractivity contribution < 1.29 is 4.74 Å². The summed E-state index contributed by atoms with van der Waals surface area (Å²) in [6, 6.07) is 0. The molecule has 4 heteroatoms. The van der Waals surface area contributed by atoms with E-state index in [1.807, 2.05) is 7.05 Å². The molecule has 0 radical (unpaired) electrons. The van der Waals surface area contributed by atoms with Gasteiger partial charge in [-0.05, 0) is 19.1 Å². The normalized spacial score (nSPS) is 14.8. The first-order valence-corrected chi connectivity index (χ1v) is 6.45. The summed E-state index contributed by atoms with van der Waals surface area (Å²) in [5, 5.41) is 3.04. The molecule has 0 aliphatic heterocycles. The van der Waals surface area contributed by atoms with Crippen molar-refractivity contribution in [2.75, 3.05) is 45.4 Å². The zero-order valence-electron chi connectivity index (χ0n) is 8.39. The van der Waals surface area contributed by atoms with E-state index in [1.54, 1.807) is 0 Å². The molecular formula is C8H22N2OS. The van der Waals surface area contributed by atoms with Gasteiger partial charge in [0.25, 0.3) is 0 Å². The van der Waals surface area contributed by atoms with E-state index in [9.17, 15) is 0 Å². The summed E-state index contributed by atoms with van der Waals surface area (Å²) in [5.74, 6) is 1.24. The van der Waals surface area contributed by atoms with Gasteiger partial charge in [0, 0.05) is 13.1 Å². The molecule has 0 spiro atoms. The van der Waals surface area contributed by atoms with Crippen LogP contribution in [0.1, 0.15) is 6.92 Å². The molecule has 0 aliphatic rings. The second kappa shape index (κ2) is 9.32. The highest BCUT2D eigenvalue weighted by Crippen LogP contribution is 2.10. The van der Waals surface area contributed by atoms with E-state index in [2.05, 4.69) is 23.2 Å². The molecule has 12 heavy (non-hydrogen) atoms. The van der Waals surface area contributed by atoms with Crippen LogP contribution in [0.4, 0.5) is 0 Å². The zero-order chi connectivity index (χ0) is 9.23. The van der Waals surface area contributed by atoms with Crippen LogP contribution >= 0.6 is 11.1 Å². The van der Waals surface area contributed by atoms with E-state index in [1.165, 1.54) is 5.75 Å². The summed E-state index contributed by atoms with van der Waals surface area (Å²) in [5.41, 5.74) is 0. The van der Waals surface area contributed by atoms with E-state index < -0.39 is 0 Å². The van der Waals surface area contributed by atoms with Crippen molar-refractivity contribution in [1.82, 2.24) is 10.0 Å². The Hall–Kier alpha value is 0.230. The van der Waals surface area contributed by atoms with Crippen molar-refractivity contribution in [3.05, 3.63) is 0 Å². The molecule has 1 unspecified atom stereocenters. The van der Waals surface area contributed by atoms with Crippen molar-refractivity contribution in [3.63, 3.8) is 0 Å². The maximum atomic E-state index is 5.35. The molecule has 0 heterocycles. The Labute approximate surface area is 78.7 Å². The Morgan fingerprint density at radius 2 is 1.92 bits per heavy atom. The number of nitrogens with one attached hydrogen (secondary N) is 2. The van der Waals surface area contributed by atoms with Crippen LogP contribution in [0, 0.1) is 0 Å². The van der Waals surface area contributed by atoms with Gasteiger partial charge in [-0.2, -0.15) is 0 Å². The third-order valence-electron chi connectivity index (χ3n) is 1.60. The molecule has 0 saturated carbocycles. The van der Waals surface area contributed by atoms with E-state index in [-0.39, 0.29) is 11.1 Å². The van der Waals surface area contributed by atoms with Crippen LogP contribution in [0.15, 0.2) is 0 Å². The highest BCUT2D eigenvalue weighted by Gasteiger charge is 1.91. The van der Waals surface area contributed by atoms with Gasteiger partial charge in [-0.3, -0.25) is 4.72 Å². The number of hydrogen-bond donors (Lipinski definition) is 3. The van der Waals surface area contributed by atoms with Gasteiger partial charge in [0.2, 0.25) is 0 Å². The molecule has 0 fully saturated rings. The first-order valence-electron chi connectivity index (χ1n) is 4.48. The lowest BCUT2D eigenvalue weighted by Crippen LogP contribution is -2.20. The molecule has 1 atom stereocenters. The Bertz CT molecular complexity index is 93.1. The summed E-state index contributed by atoms with van der Waals surface area (Å²) < 4.78 is 8.78. The van der Waals surface area contributed by atoms with Crippen molar-refractivity contribution in [3.8, 4) is 0 Å². The fourth-order valence-corrected chi connectivity index (χ4v) is 1.39. The smallest absolute Gasteiger partial charge is 0.0600 e. The zero-order valence-corrected chi connectivity index (χ0v) is 9.29. The number of ether oxygens (including phenoxy) is 1. The van der Waals surface area contributed by atoms with Crippen LogP contribution in [0.25, 0.3) is 0 Å². The molecule has 0 aromatic heterocycles. The van der Waals surface area contributed by atoms with Gasteiger partial charge >= 0.3 is 0 Å². The summed E-state index contributed by atoms with van der Waals surface area (Å²) in [6.45, 7) is 5.77. The molecule has 0 aromatic carbocycles. The fourth-order valence-electron chi connectivity index (χ4n) is 0.697. The Morgan fingerprint density at radius 1 is 1.25 bits per heavy atom. The van der Waals surface area contributed by atoms with Crippen LogP contribution in [-0.4, -0.2) is 45.4 Å². The van der Waals surface area contributed by atoms with Crippen LogP contribution in [-0.2, 0) is 4.74 Å². The monoisotopic (exact) mass is 194 g/mol. The van der Waals surface area contributed by atoms with Crippen molar-refractivity contribution in [1.29, 1.82) is 0 Å². The second-order valence-corrected chi connectivity index (χ2v) is 4.98. The lowest BCUT2D eigenvalue weighted by atomic mass is 10.7. The first-order chi connectivity index (χ1) is 5.81. The van der Waals surface area contributed by atoms with E-state index in [0.29, 0.717) is 0 Å². The third-order valence-corrected chi connectivity index (χ3v) is 3.31. The van der Waals surface area contributed by atoms with Gasteiger partial charge in [-0.25, -0.2) is 11.1 Å². The van der Waals surface area contributed by atoms with Crippen molar-refractivity contribution >= 4 is 11.1 Å². The van der Waals surface area contributed by atoms with Gasteiger partial charge < -0.3 is 10.1 Å². The SMILES string of the molecule is CC[SH](C)NCCOCCNC. The van der Waals surface area contributed by atoms with Gasteiger partial charge in [-0.15, -0.1) is 0 Å². The summed E-state index contributed by atoms with van der Waals surface area (Å²) >= 11 is 0.0515. The molecule has 76 valence electrons. The van der Waals surface area contributed by atoms with Crippen molar-refractivity contribution in [2.45, 2.75) is 6.92 Å². The number of rotatable bonds is 8. The minimum absolute atomic E-state index is 0.0515. The van der Waals surface area contributed by atoms with Crippen molar-refractivity contribution in [2.24, 2.45) is 0 Å². The van der Waals surface area contributed by atoms with Crippen LogP contribution in [0.5, 0.6) is 0 Å². The van der Waals surface area contributed by atoms with Crippen LogP contribution < -0.4 is 10.0 Å². The first kappa shape index (κ1) is 12.2. The van der Waals surface area contributed by atoms with E-state index >= 15 is 0 Å². The minimum atomic E-state index is 0.0515. The number of thiol groups is 1. The fraction of sp³-hybridized carbons (Fsp3) is 1.00. The highest BCUT2D eigenvalue weighted by atomic mass is 32.2. The Kier molecular flexibility index (Phi) is 9.50. The van der Waals surface area contributed by atoms with Gasteiger partial charge in [0.05, 0.1) is 13.2 Å². The summed E-state index contributed by atoms with van der Waals surface area (Å²) in [4.78, 5) is 0. The molecule has 0 saturated heterocycles. The van der Waals surface area contributed by atoms with Gasteiger partial charge in [0.15, 0.2) is 0 Å². The lowest BCUT2D eigenvalue weighted by molar-refractivity contribution is 0.143. The molecule has 3 nitrogen and oxygen atoms in total. The average Bonchev–Trinajstić information content (AvgIpc) is 2.10. The molecule has 0 bridgehead atoms. The standard InChI is InChI=1S/C8H22N2OS/c1-4-12(3)10-6-8-11-7-5-9-2/h9-10,12H,4-8H2,1-3H3. The molecular weight excluding hydrogens is 172 g/mol. The summed E-state index contributed by atoms with van der Waals surface area (Å²) in [7, 11) is 1.93. The topological polar surface area (TPSA) is 33.3 Å². The molecule has 0 aliphatic carbocycles. The lowest BCUT2D eigenvalue weighted by Gasteiger charge is -2.15. The Morgan fingerprint density at radius 3 is 2.50 bits per heavy atom. The van der Waals surface area contributed by atoms with Crippen LogP contribution in [0.2, 0.25) is 0 Å².